The van der Waals surface area contributed by atoms with E-state index in [4.69, 9.17) is 5.73 Å². The third kappa shape index (κ3) is 2.13. The van der Waals surface area contributed by atoms with E-state index in [-0.39, 0.29) is 0 Å². The molecule has 0 bridgehead atoms. The van der Waals surface area contributed by atoms with Crippen LogP contribution >= 0.6 is 0 Å². The van der Waals surface area contributed by atoms with Crippen LogP contribution in [0.2, 0.25) is 0 Å². The lowest BCUT2D eigenvalue weighted by atomic mass is 10.1. The van der Waals surface area contributed by atoms with Gasteiger partial charge in [0.1, 0.15) is 5.82 Å². The molecule has 0 spiro atoms. The van der Waals surface area contributed by atoms with Crippen molar-refractivity contribution < 1.29 is 0 Å². The Balaban J connectivity index is 1.95. The highest BCUT2D eigenvalue weighted by Gasteiger charge is 1.98. The Morgan fingerprint density at radius 3 is 2.57 bits per heavy atom. The van der Waals surface area contributed by atoms with E-state index in [1.54, 1.807) is 0 Å². The minimum absolute atomic E-state index is 0.563. The van der Waals surface area contributed by atoms with Crippen LogP contribution in [0.4, 0.5) is 5.82 Å². The molecule has 0 saturated heterocycles. The molecular formula is C11H13N3. The predicted octanol–water partition coefficient (Wildman–Crippen LogP) is 1.78. The summed E-state index contributed by atoms with van der Waals surface area (Å²) in [6.07, 6.45) is 1.97. The molecule has 0 radical (unpaired) electrons. The standard InChI is InChI=1S/C11H13N3/c12-11-8-10(13-14-11)7-6-9-4-2-1-3-5-9/h1-5,8H,6-7H2,(H3,12,13,14). The van der Waals surface area contributed by atoms with Crippen molar-refractivity contribution in [2.75, 3.05) is 5.73 Å². The van der Waals surface area contributed by atoms with Crippen LogP contribution in [0.25, 0.3) is 0 Å². The van der Waals surface area contributed by atoms with E-state index in [9.17, 15) is 0 Å². The van der Waals surface area contributed by atoms with Gasteiger partial charge in [-0.3, -0.25) is 5.10 Å². The van der Waals surface area contributed by atoms with Gasteiger partial charge >= 0.3 is 0 Å². The molecule has 2 rings (SSSR count). The summed E-state index contributed by atoms with van der Waals surface area (Å²) >= 11 is 0. The fourth-order valence-corrected chi connectivity index (χ4v) is 1.43. The van der Waals surface area contributed by atoms with Crippen LogP contribution in [0.15, 0.2) is 36.4 Å². The minimum Gasteiger partial charge on any atom is -0.382 e. The second kappa shape index (κ2) is 3.96. The zero-order valence-electron chi connectivity index (χ0n) is 7.90. The summed E-state index contributed by atoms with van der Waals surface area (Å²) in [4.78, 5) is 0. The average Bonchev–Trinajstić information content (AvgIpc) is 2.63. The Kier molecular flexibility index (Phi) is 2.49. The van der Waals surface area contributed by atoms with Gasteiger partial charge in [0.05, 0.1) is 0 Å². The molecule has 0 aliphatic heterocycles. The number of benzene rings is 1. The first-order valence-electron chi connectivity index (χ1n) is 4.68. The van der Waals surface area contributed by atoms with Crippen LogP contribution in [0.1, 0.15) is 11.3 Å². The number of H-pyrrole nitrogens is 1. The van der Waals surface area contributed by atoms with Crippen LogP contribution in [0.3, 0.4) is 0 Å². The molecule has 0 aliphatic carbocycles. The van der Waals surface area contributed by atoms with Crippen molar-refractivity contribution >= 4 is 5.82 Å². The highest BCUT2D eigenvalue weighted by molar-refractivity contribution is 5.29. The highest BCUT2D eigenvalue weighted by Crippen LogP contribution is 2.06. The van der Waals surface area contributed by atoms with Crippen molar-refractivity contribution in [1.82, 2.24) is 10.2 Å². The molecule has 3 nitrogen and oxygen atoms in total. The third-order valence-corrected chi connectivity index (χ3v) is 2.18. The molecule has 1 aromatic heterocycles. The van der Waals surface area contributed by atoms with E-state index in [2.05, 4.69) is 34.5 Å². The van der Waals surface area contributed by atoms with Crippen LogP contribution < -0.4 is 5.73 Å². The molecule has 0 atom stereocenters. The van der Waals surface area contributed by atoms with Gasteiger partial charge in [-0.1, -0.05) is 30.3 Å². The molecule has 1 heterocycles. The minimum atomic E-state index is 0.563. The lowest BCUT2D eigenvalue weighted by molar-refractivity contribution is 0.893. The summed E-state index contributed by atoms with van der Waals surface area (Å²) < 4.78 is 0. The molecule has 2 aromatic rings. The third-order valence-electron chi connectivity index (χ3n) is 2.18. The highest BCUT2D eigenvalue weighted by atomic mass is 15.1. The number of aromatic nitrogens is 2. The Bertz CT molecular complexity index is 392. The normalized spacial score (nSPS) is 10.3. The van der Waals surface area contributed by atoms with Gasteiger partial charge in [0.25, 0.3) is 0 Å². The number of nitrogens with zero attached hydrogens (tertiary/aromatic N) is 1. The van der Waals surface area contributed by atoms with E-state index in [0.29, 0.717) is 5.82 Å². The maximum Gasteiger partial charge on any atom is 0.145 e. The number of aryl methyl sites for hydroxylation is 2. The van der Waals surface area contributed by atoms with Gasteiger partial charge in [0.15, 0.2) is 0 Å². The molecule has 3 N–H and O–H groups in total. The molecule has 0 aliphatic rings. The number of nitrogens with two attached hydrogens (primary N) is 1. The van der Waals surface area contributed by atoms with Gasteiger partial charge in [0.2, 0.25) is 0 Å². The quantitative estimate of drug-likeness (QED) is 0.769. The summed E-state index contributed by atoms with van der Waals surface area (Å²) in [5, 5.41) is 6.78. The molecular weight excluding hydrogens is 174 g/mol. The van der Waals surface area contributed by atoms with Crippen LogP contribution in [0, 0.1) is 0 Å². The first-order valence-corrected chi connectivity index (χ1v) is 4.68. The van der Waals surface area contributed by atoms with Crippen molar-refractivity contribution in [3.8, 4) is 0 Å². The van der Waals surface area contributed by atoms with Gasteiger partial charge in [-0.25, -0.2) is 0 Å². The van der Waals surface area contributed by atoms with Gasteiger partial charge in [-0.15, -0.1) is 0 Å². The molecule has 3 heteroatoms. The molecule has 72 valence electrons. The van der Waals surface area contributed by atoms with Gasteiger partial charge in [-0.05, 0) is 18.4 Å². The number of nitrogens with one attached hydrogen (secondary N) is 1. The summed E-state index contributed by atoms with van der Waals surface area (Å²) in [7, 11) is 0. The van der Waals surface area contributed by atoms with Crippen LogP contribution in [-0.4, -0.2) is 10.2 Å². The van der Waals surface area contributed by atoms with Crippen LogP contribution in [-0.2, 0) is 12.8 Å². The fourth-order valence-electron chi connectivity index (χ4n) is 1.43. The first kappa shape index (κ1) is 8.81. The Morgan fingerprint density at radius 2 is 1.93 bits per heavy atom. The lowest BCUT2D eigenvalue weighted by Crippen LogP contribution is -1.90. The Hall–Kier alpha value is -1.77. The zero-order chi connectivity index (χ0) is 9.80. The van der Waals surface area contributed by atoms with Gasteiger partial charge < -0.3 is 5.73 Å². The topological polar surface area (TPSA) is 54.7 Å². The summed E-state index contributed by atoms with van der Waals surface area (Å²) in [6, 6.07) is 12.3. The Labute approximate surface area is 83.0 Å². The zero-order valence-corrected chi connectivity index (χ0v) is 7.90. The second-order valence-electron chi connectivity index (χ2n) is 3.30. The van der Waals surface area contributed by atoms with Crippen LogP contribution in [0.5, 0.6) is 0 Å². The van der Waals surface area contributed by atoms with Crippen molar-refractivity contribution in [3.63, 3.8) is 0 Å². The van der Waals surface area contributed by atoms with Crippen molar-refractivity contribution in [2.24, 2.45) is 0 Å². The molecule has 14 heavy (non-hydrogen) atoms. The number of anilines is 1. The number of aromatic amines is 1. The number of hydrogen-bond donors (Lipinski definition) is 2. The summed E-state index contributed by atoms with van der Waals surface area (Å²) in [5.74, 6) is 0.563. The average molecular weight is 187 g/mol. The summed E-state index contributed by atoms with van der Waals surface area (Å²) in [6.45, 7) is 0. The van der Waals surface area contributed by atoms with Gasteiger partial charge in [0, 0.05) is 11.8 Å². The molecule has 0 fully saturated rings. The molecule has 1 aromatic carbocycles. The fraction of sp³-hybridized carbons (Fsp3) is 0.182. The number of hydrogen-bond acceptors (Lipinski definition) is 2. The second-order valence-corrected chi connectivity index (χ2v) is 3.30. The van der Waals surface area contributed by atoms with Gasteiger partial charge in [-0.2, -0.15) is 5.10 Å². The van der Waals surface area contributed by atoms with Crippen molar-refractivity contribution in [3.05, 3.63) is 47.7 Å². The van der Waals surface area contributed by atoms with Crippen molar-refractivity contribution in [1.29, 1.82) is 0 Å². The van der Waals surface area contributed by atoms with E-state index in [1.807, 2.05) is 12.1 Å². The van der Waals surface area contributed by atoms with Crippen molar-refractivity contribution in [2.45, 2.75) is 12.8 Å². The maximum atomic E-state index is 5.51. The number of nitrogen functional groups attached to an aromatic ring is 1. The SMILES string of the molecule is Nc1cc(CCc2ccccc2)[nH]n1. The first-order chi connectivity index (χ1) is 6.84. The maximum absolute atomic E-state index is 5.51. The van der Waals surface area contributed by atoms with E-state index < -0.39 is 0 Å². The monoisotopic (exact) mass is 187 g/mol. The van der Waals surface area contributed by atoms with E-state index >= 15 is 0 Å². The lowest BCUT2D eigenvalue weighted by Gasteiger charge is -1.97. The predicted molar refractivity (Wildman–Crippen MR) is 56.9 cm³/mol. The molecule has 0 saturated carbocycles. The largest absolute Gasteiger partial charge is 0.382 e. The van der Waals surface area contributed by atoms with E-state index in [1.165, 1.54) is 5.56 Å². The molecule has 0 amide bonds. The Morgan fingerprint density at radius 1 is 1.14 bits per heavy atom. The smallest absolute Gasteiger partial charge is 0.145 e. The molecule has 0 unspecified atom stereocenters. The summed E-state index contributed by atoms with van der Waals surface area (Å²) in [5.41, 5.74) is 7.93. The number of rotatable bonds is 3. The van der Waals surface area contributed by atoms with E-state index in [0.717, 1.165) is 18.5 Å².